The van der Waals surface area contributed by atoms with Gasteiger partial charge in [0, 0.05) is 17.7 Å². The van der Waals surface area contributed by atoms with Crippen molar-refractivity contribution in [2.45, 2.75) is 13.0 Å². The predicted molar refractivity (Wildman–Crippen MR) is 108 cm³/mol. The molecule has 1 N–H and O–H groups in total. The lowest BCUT2D eigenvalue weighted by Gasteiger charge is -2.26. The molecule has 0 bridgehead atoms. The van der Waals surface area contributed by atoms with Crippen LogP contribution in [0.2, 0.25) is 0 Å². The monoisotopic (exact) mass is 379 g/mol. The zero-order valence-corrected chi connectivity index (χ0v) is 16.6. The number of likely N-dealkylation sites (N-methyl/N-ethyl adjacent to an activating group) is 1. The Morgan fingerprint density at radius 2 is 1.82 bits per heavy atom. The number of amides is 1. The van der Waals surface area contributed by atoms with Gasteiger partial charge >= 0.3 is 0 Å². The molecule has 1 atom stereocenters. The average molecular weight is 379 g/mol. The molecule has 0 fully saturated rings. The molecule has 0 spiro atoms. The normalized spacial score (nSPS) is 12.0. The van der Waals surface area contributed by atoms with Crippen molar-refractivity contribution in [3.8, 4) is 17.0 Å². The van der Waals surface area contributed by atoms with Crippen LogP contribution in [0.1, 0.15) is 27.7 Å². The number of carbonyl (C=O) groups is 1. The number of methoxy groups -OCH3 is 1. The first-order valence-electron chi connectivity index (χ1n) is 9.12. The fraction of sp³-hybridized carbons (Fsp3) is 0.273. The minimum Gasteiger partial charge on any atom is -0.496 e. The van der Waals surface area contributed by atoms with Crippen molar-refractivity contribution in [1.82, 2.24) is 15.4 Å². The van der Waals surface area contributed by atoms with Gasteiger partial charge < -0.3 is 19.5 Å². The van der Waals surface area contributed by atoms with Gasteiger partial charge in [0.15, 0.2) is 0 Å². The summed E-state index contributed by atoms with van der Waals surface area (Å²) in [7, 11) is 5.60. The summed E-state index contributed by atoms with van der Waals surface area (Å²) in [4.78, 5) is 15.0. The smallest absolute Gasteiger partial charge is 0.257 e. The zero-order chi connectivity index (χ0) is 20.1. The maximum atomic E-state index is 13.0. The van der Waals surface area contributed by atoms with Crippen molar-refractivity contribution >= 4 is 5.91 Å². The summed E-state index contributed by atoms with van der Waals surface area (Å²) in [5.41, 5.74) is 2.87. The maximum absolute atomic E-state index is 13.0. The summed E-state index contributed by atoms with van der Waals surface area (Å²) < 4.78 is 10.8. The van der Waals surface area contributed by atoms with E-state index in [2.05, 4.69) is 15.4 Å². The molecule has 1 heterocycles. The highest BCUT2D eigenvalue weighted by Crippen LogP contribution is 2.28. The number of benzene rings is 2. The van der Waals surface area contributed by atoms with Crippen LogP contribution >= 0.6 is 0 Å². The largest absolute Gasteiger partial charge is 0.496 e. The summed E-state index contributed by atoms with van der Waals surface area (Å²) in [6.45, 7) is 2.17. The van der Waals surface area contributed by atoms with Crippen molar-refractivity contribution in [2.75, 3.05) is 27.7 Å². The maximum Gasteiger partial charge on any atom is 0.257 e. The number of hydrogen-bond acceptors (Lipinski definition) is 5. The molecule has 1 amide bonds. The molecule has 28 heavy (non-hydrogen) atoms. The Morgan fingerprint density at radius 3 is 2.50 bits per heavy atom. The number of para-hydroxylation sites is 1. The molecule has 146 valence electrons. The van der Waals surface area contributed by atoms with E-state index >= 15 is 0 Å². The number of hydrogen-bond donors (Lipinski definition) is 1. The lowest BCUT2D eigenvalue weighted by molar-refractivity contribution is 0.0940. The topological polar surface area (TPSA) is 67.6 Å². The standard InChI is InChI=1S/C22H25N3O3/c1-15-20(21(24-28-15)16-10-6-5-7-11-16)22(26)23-14-18(25(2)3)17-12-8-9-13-19(17)27-4/h5-13,18H,14H2,1-4H3,(H,23,26). The van der Waals surface area contributed by atoms with Crippen molar-refractivity contribution in [3.63, 3.8) is 0 Å². The van der Waals surface area contributed by atoms with Crippen LogP contribution in [0.15, 0.2) is 59.1 Å². The Balaban J connectivity index is 1.83. The SMILES string of the molecule is COc1ccccc1C(CNC(=O)c1c(-c2ccccc2)noc1C)N(C)C. The number of aryl methyl sites for hydroxylation is 1. The Kier molecular flexibility index (Phi) is 6.11. The van der Waals surface area contributed by atoms with Crippen molar-refractivity contribution in [3.05, 3.63) is 71.5 Å². The van der Waals surface area contributed by atoms with Gasteiger partial charge in [0.1, 0.15) is 22.8 Å². The van der Waals surface area contributed by atoms with Gasteiger partial charge in [0.05, 0.1) is 13.2 Å². The molecule has 1 unspecified atom stereocenters. The molecule has 0 aliphatic heterocycles. The Bertz CT molecular complexity index is 935. The van der Waals surface area contributed by atoms with Gasteiger partial charge in [-0.05, 0) is 27.1 Å². The van der Waals surface area contributed by atoms with E-state index in [1.54, 1.807) is 14.0 Å². The second-order valence-electron chi connectivity index (χ2n) is 6.76. The fourth-order valence-corrected chi connectivity index (χ4v) is 3.22. The van der Waals surface area contributed by atoms with Gasteiger partial charge in [0.25, 0.3) is 5.91 Å². The molecule has 0 radical (unpaired) electrons. The highest BCUT2D eigenvalue weighted by molar-refractivity contribution is 6.00. The molecule has 3 rings (SSSR count). The van der Waals surface area contributed by atoms with E-state index in [9.17, 15) is 4.79 Å². The van der Waals surface area contributed by atoms with Crippen LogP contribution in [0.3, 0.4) is 0 Å². The van der Waals surface area contributed by atoms with Gasteiger partial charge in [-0.15, -0.1) is 0 Å². The van der Waals surface area contributed by atoms with Crippen LogP contribution < -0.4 is 10.1 Å². The minimum absolute atomic E-state index is 0.0413. The highest BCUT2D eigenvalue weighted by Gasteiger charge is 2.24. The van der Waals surface area contributed by atoms with E-state index in [0.29, 0.717) is 23.6 Å². The summed E-state index contributed by atoms with van der Waals surface area (Å²) in [6, 6.07) is 17.3. The molecule has 1 aromatic heterocycles. The number of aromatic nitrogens is 1. The van der Waals surface area contributed by atoms with E-state index in [4.69, 9.17) is 9.26 Å². The average Bonchev–Trinajstić information content (AvgIpc) is 3.10. The third kappa shape index (κ3) is 4.07. The van der Waals surface area contributed by atoms with Gasteiger partial charge in [0.2, 0.25) is 0 Å². The molecule has 6 nitrogen and oxygen atoms in total. The van der Waals surface area contributed by atoms with Crippen molar-refractivity contribution < 1.29 is 14.1 Å². The van der Waals surface area contributed by atoms with E-state index in [1.165, 1.54) is 0 Å². The molecule has 0 saturated carbocycles. The first-order valence-corrected chi connectivity index (χ1v) is 9.12. The second kappa shape index (κ2) is 8.71. The second-order valence-corrected chi connectivity index (χ2v) is 6.76. The van der Waals surface area contributed by atoms with Crippen LogP contribution in [-0.4, -0.2) is 43.7 Å². The van der Waals surface area contributed by atoms with E-state index in [1.807, 2.05) is 68.7 Å². The summed E-state index contributed by atoms with van der Waals surface area (Å²) >= 11 is 0. The lowest BCUT2D eigenvalue weighted by Crippen LogP contribution is -2.35. The fourth-order valence-electron chi connectivity index (χ4n) is 3.22. The molecule has 0 saturated heterocycles. The lowest BCUT2D eigenvalue weighted by atomic mass is 10.0. The third-order valence-corrected chi connectivity index (χ3v) is 4.71. The molecule has 0 aliphatic rings. The van der Waals surface area contributed by atoms with E-state index < -0.39 is 0 Å². The van der Waals surface area contributed by atoms with Gasteiger partial charge in [-0.2, -0.15) is 0 Å². The minimum atomic E-state index is -0.209. The number of nitrogens with zero attached hydrogens (tertiary/aromatic N) is 2. The van der Waals surface area contributed by atoms with Crippen LogP contribution in [0.25, 0.3) is 11.3 Å². The number of carbonyl (C=O) groups excluding carboxylic acids is 1. The number of rotatable bonds is 7. The molecule has 0 aliphatic carbocycles. The molecule has 6 heteroatoms. The van der Waals surface area contributed by atoms with Gasteiger partial charge in [-0.1, -0.05) is 53.7 Å². The van der Waals surface area contributed by atoms with Crippen molar-refractivity contribution in [2.24, 2.45) is 0 Å². The Labute approximate surface area is 165 Å². The van der Waals surface area contributed by atoms with Gasteiger partial charge in [-0.3, -0.25) is 4.79 Å². The number of nitrogens with one attached hydrogen (secondary N) is 1. The van der Waals surface area contributed by atoms with Crippen LogP contribution in [0.4, 0.5) is 0 Å². The van der Waals surface area contributed by atoms with Crippen LogP contribution in [0.5, 0.6) is 5.75 Å². The number of ether oxygens (including phenoxy) is 1. The predicted octanol–water partition coefficient (Wildman–Crippen LogP) is 3.69. The first kappa shape index (κ1) is 19.6. The van der Waals surface area contributed by atoms with E-state index in [0.717, 1.165) is 16.9 Å². The molecule has 3 aromatic rings. The molecule has 2 aromatic carbocycles. The third-order valence-electron chi connectivity index (χ3n) is 4.71. The first-order chi connectivity index (χ1) is 13.5. The zero-order valence-electron chi connectivity index (χ0n) is 16.6. The Hall–Kier alpha value is -3.12. The van der Waals surface area contributed by atoms with Crippen LogP contribution in [-0.2, 0) is 0 Å². The van der Waals surface area contributed by atoms with Crippen LogP contribution in [0, 0.1) is 6.92 Å². The van der Waals surface area contributed by atoms with E-state index in [-0.39, 0.29) is 11.9 Å². The quantitative estimate of drug-likeness (QED) is 0.678. The Morgan fingerprint density at radius 1 is 1.14 bits per heavy atom. The molecular weight excluding hydrogens is 354 g/mol. The van der Waals surface area contributed by atoms with Crippen molar-refractivity contribution in [1.29, 1.82) is 0 Å². The summed E-state index contributed by atoms with van der Waals surface area (Å²) in [5.74, 6) is 1.08. The molecular formula is C22H25N3O3. The van der Waals surface area contributed by atoms with Gasteiger partial charge in [-0.25, -0.2) is 0 Å². The summed E-state index contributed by atoms with van der Waals surface area (Å²) in [5, 5.41) is 7.12. The highest BCUT2D eigenvalue weighted by atomic mass is 16.5. The summed E-state index contributed by atoms with van der Waals surface area (Å²) in [6.07, 6.45) is 0.